The molecule has 154 valence electrons. The van der Waals surface area contributed by atoms with Gasteiger partial charge in [-0.3, -0.25) is 4.90 Å². The molecule has 1 unspecified atom stereocenters. The van der Waals surface area contributed by atoms with E-state index in [0.29, 0.717) is 6.61 Å². The standard InChI is InChI=1S/C22H27N3O4/c1-3-26-18-10-20-19(27-14-28-20)9-17(18)12-25-7-4-6-22(13-25)21-16(5-8-29-22)11-23-15(2)24-21/h9-11H,3-8,12-14H2,1-2H3. The number of fused-ring (bicyclic) bond motifs is 3. The number of likely N-dealkylation sites (tertiary alicyclic amines) is 1. The van der Waals surface area contributed by atoms with Gasteiger partial charge in [-0.05, 0) is 51.3 Å². The fourth-order valence-corrected chi connectivity index (χ4v) is 4.67. The van der Waals surface area contributed by atoms with Crippen molar-refractivity contribution in [3.63, 3.8) is 0 Å². The zero-order valence-electron chi connectivity index (χ0n) is 17.1. The lowest BCUT2D eigenvalue weighted by Crippen LogP contribution is -2.50. The highest BCUT2D eigenvalue weighted by atomic mass is 16.7. The van der Waals surface area contributed by atoms with Gasteiger partial charge < -0.3 is 18.9 Å². The number of aromatic nitrogens is 2. The minimum Gasteiger partial charge on any atom is -0.493 e. The first-order valence-corrected chi connectivity index (χ1v) is 10.4. The van der Waals surface area contributed by atoms with Crippen molar-refractivity contribution >= 4 is 0 Å². The highest BCUT2D eigenvalue weighted by Gasteiger charge is 2.43. The van der Waals surface area contributed by atoms with Crippen LogP contribution in [-0.2, 0) is 23.3 Å². The third kappa shape index (κ3) is 3.42. The van der Waals surface area contributed by atoms with Gasteiger partial charge in [-0.2, -0.15) is 0 Å². The quantitative estimate of drug-likeness (QED) is 0.786. The molecular formula is C22H27N3O4. The van der Waals surface area contributed by atoms with E-state index in [0.717, 1.165) is 79.8 Å². The predicted molar refractivity (Wildman–Crippen MR) is 106 cm³/mol. The predicted octanol–water partition coefficient (Wildman–Crippen LogP) is 2.98. The van der Waals surface area contributed by atoms with Gasteiger partial charge in [0, 0.05) is 30.9 Å². The maximum Gasteiger partial charge on any atom is 0.231 e. The normalized spacial score (nSPS) is 23.2. The molecule has 3 aliphatic heterocycles. The fraction of sp³-hybridized carbons (Fsp3) is 0.545. The number of nitrogens with zero attached hydrogens (tertiary/aromatic N) is 3. The van der Waals surface area contributed by atoms with Crippen LogP contribution in [0, 0.1) is 6.92 Å². The topological polar surface area (TPSA) is 65.9 Å². The van der Waals surface area contributed by atoms with Crippen LogP contribution in [0.25, 0.3) is 0 Å². The SMILES string of the molecule is CCOc1cc2c(cc1CN1CCCC3(C1)OCCc1cnc(C)nc13)OCO2. The molecule has 1 aromatic carbocycles. The van der Waals surface area contributed by atoms with Crippen LogP contribution >= 0.6 is 0 Å². The van der Waals surface area contributed by atoms with Gasteiger partial charge >= 0.3 is 0 Å². The Morgan fingerprint density at radius 3 is 2.97 bits per heavy atom. The Hall–Kier alpha value is -2.38. The summed E-state index contributed by atoms with van der Waals surface area (Å²) < 4.78 is 23.4. The third-order valence-electron chi connectivity index (χ3n) is 5.95. The first-order valence-electron chi connectivity index (χ1n) is 10.4. The Morgan fingerprint density at radius 1 is 1.24 bits per heavy atom. The van der Waals surface area contributed by atoms with E-state index in [4.69, 9.17) is 23.9 Å². The van der Waals surface area contributed by atoms with Crippen LogP contribution in [0.5, 0.6) is 17.2 Å². The largest absolute Gasteiger partial charge is 0.493 e. The van der Waals surface area contributed by atoms with Gasteiger partial charge in [0.15, 0.2) is 11.5 Å². The van der Waals surface area contributed by atoms with E-state index in [-0.39, 0.29) is 12.4 Å². The van der Waals surface area contributed by atoms with E-state index in [1.807, 2.05) is 26.1 Å². The van der Waals surface area contributed by atoms with Crippen molar-refractivity contribution in [3.05, 3.63) is 41.0 Å². The molecular weight excluding hydrogens is 370 g/mol. The van der Waals surface area contributed by atoms with Crippen LogP contribution in [0.1, 0.15) is 42.4 Å². The van der Waals surface area contributed by atoms with E-state index in [1.165, 1.54) is 5.56 Å². The number of benzene rings is 1. The van der Waals surface area contributed by atoms with Gasteiger partial charge in [-0.15, -0.1) is 0 Å². The molecule has 0 bridgehead atoms. The fourth-order valence-electron chi connectivity index (χ4n) is 4.67. The summed E-state index contributed by atoms with van der Waals surface area (Å²) in [6.45, 7) is 8.16. The molecule has 5 rings (SSSR count). The summed E-state index contributed by atoms with van der Waals surface area (Å²) in [5.74, 6) is 3.21. The average molecular weight is 397 g/mol. The second-order valence-electron chi connectivity index (χ2n) is 7.94. The van der Waals surface area contributed by atoms with E-state index < -0.39 is 0 Å². The van der Waals surface area contributed by atoms with Crippen LogP contribution in [0.15, 0.2) is 18.3 Å². The van der Waals surface area contributed by atoms with Crippen LogP contribution in [-0.4, -0.2) is 48.0 Å². The summed E-state index contributed by atoms with van der Waals surface area (Å²) >= 11 is 0. The number of hydrogen-bond acceptors (Lipinski definition) is 7. The Kier molecular flexibility index (Phi) is 4.80. The highest BCUT2D eigenvalue weighted by molar-refractivity contribution is 5.52. The molecule has 2 aromatic rings. The van der Waals surface area contributed by atoms with Gasteiger partial charge in [-0.25, -0.2) is 9.97 Å². The maximum atomic E-state index is 6.40. The number of hydrogen-bond donors (Lipinski definition) is 0. The van der Waals surface area contributed by atoms with Crippen molar-refractivity contribution in [3.8, 4) is 17.2 Å². The van der Waals surface area contributed by atoms with Crippen LogP contribution in [0.2, 0.25) is 0 Å². The molecule has 0 radical (unpaired) electrons. The zero-order valence-corrected chi connectivity index (χ0v) is 17.1. The van der Waals surface area contributed by atoms with Crippen molar-refractivity contribution in [1.82, 2.24) is 14.9 Å². The van der Waals surface area contributed by atoms with Crippen LogP contribution < -0.4 is 14.2 Å². The first-order chi connectivity index (χ1) is 14.2. The molecule has 0 amide bonds. The smallest absolute Gasteiger partial charge is 0.231 e. The molecule has 7 heteroatoms. The lowest BCUT2D eigenvalue weighted by molar-refractivity contribution is -0.109. The molecule has 1 saturated heterocycles. The molecule has 1 spiro atoms. The molecule has 0 N–H and O–H groups in total. The minimum atomic E-state index is -0.346. The summed E-state index contributed by atoms with van der Waals surface area (Å²) in [5, 5.41) is 0. The summed E-state index contributed by atoms with van der Waals surface area (Å²) in [5.41, 5.74) is 3.07. The third-order valence-corrected chi connectivity index (χ3v) is 5.95. The Bertz CT molecular complexity index is 919. The second-order valence-corrected chi connectivity index (χ2v) is 7.94. The molecule has 1 atom stereocenters. The van der Waals surface area contributed by atoms with Crippen molar-refractivity contribution in [1.29, 1.82) is 0 Å². The van der Waals surface area contributed by atoms with E-state index in [1.54, 1.807) is 0 Å². The van der Waals surface area contributed by atoms with E-state index in [2.05, 4.69) is 16.0 Å². The molecule has 0 saturated carbocycles. The van der Waals surface area contributed by atoms with Gasteiger partial charge in [-0.1, -0.05) is 0 Å². The minimum absolute atomic E-state index is 0.265. The Labute approximate surface area is 171 Å². The maximum absolute atomic E-state index is 6.40. The van der Waals surface area contributed by atoms with E-state index in [9.17, 15) is 0 Å². The summed E-state index contributed by atoms with van der Waals surface area (Å²) in [6, 6.07) is 4.00. The summed E-state index contributed by atoms with van der Waals surface area (Å²) in [7, 11) is 0. The van der Waals surface area contributed by atoms with Gasteiger partial charge in [0.1, 0.15) is 17.2 Å². The van der Waals surface area contributed by atoms with Crippen molar-refractivity contribution in [2.24, 2.45) is 0 Å². The van der Waals surface area contributed by atoms with Crippen LogP contribution in [0.3, 0.4) is 0 Å². The van der Waals surface area contributed by atoms with Gasteiger partial charge in [0.2, 0.25) is 6.79 Å². The molecule has 7 nitrogen and oxygen atoms in total. The molecule has 3 aliphatic rings. The zero-order chi connectivity index (χ0) is 19.8. The van der Waals surface area contributed by atoms with E-state index >= 15 is 0 Å². The monoisotopic (exact) mass is 397 g/mol. The van der Waals surface area contributed by atoms with Gasteiger partial charge in [0.05, 0.1) is 18.9 Å². The Balaban J connectivity index is 1.43. The van der Waals surface area contributed by atoms with Crippen molar-refractivity contribution < 1.29 is 18.9 Å². The lowest BCUT2D eigenvalue weighted by atomic mass is 9.84. The molecule has 4 heterocycles. The lowest BCUT2D eigenvalue weighted by Gasteiger charge is -2.45. The highest BCUT2D eigenvalue weighted by Crippen LogP contribution is 2.42. The average Bonchev–Trinajstić information content (AvgIpc) is 3.17. The molecule has 29 heavy (non-hydrogen) atoms. The summed E-state index contributed by atoms with van der Waals surface area (Å²) in [4.78, 5) is 11.6. The number of piperidine rings is 1. The Morgan fingerprint density at radius 2 is 2.10 bits per heavy atom. The number of aryl methyl sites for hydroxylation is 1. The van der Waals surface area contributed by atoms with Crippen molar-refractivity contribution in [2.75, 3.05) is 33.1 Å². The number of rotatable bonds is 4. The second kappa shape index (κ2) is 7.46. The molecule has 0 aliphatic carbocycles. The summed E-state index contributed by atoms with van der Waals surface area (Å²) in [6.07, 6.45) is 4.92. The van der Waals surface area contributed by atoms with Gasteiger partial charge in [0.25, 0.3) is 0 Å². The first kappa shape index (κ1) is 18.6. The molecule has 1 aromatic heterocycles. The molecule has 1 fully saturated rings. The number of ether oxygens (including phenoxy) is 4. The van der Waals surface area contributed by atoms with Crippen molar-refractivity contribution in [2.45, 2.75) is 45.3 Å². The van der Waals surface area contributed by atoms with Crippen LogP contribution in [0.4, 0.5) is 0 Å².